The molecule has 0 aromatic heterocycles. The largest absolute Gasteiger partial charge is 0.251 e. The van der Waals surface area contributed by atoms with Gasteiger partial charge in [0.2, 0.25) is 0 Å². The van der Waals surface area contributed by atoms with Crippen LogP contribution in [0.3, 0.4) is 0 Å². The summed E-state index contributed by atoms with van der Waals surface area (Å²) < 4.78 is 27.6. The summed E-state index contributed by atoms with van der Waals surface area (Å²) in [5.74, 6) is 1.70. The molecule has 0 heterocycles. The summed E-state index contributed by atoms with van der Waals surface area (Å²) in [5.41, 5.74) is 4.00. The van der Waals surface area contributed by atoms with E-state index in [-0.39, 0.29) is 18.4 Å². The third-order valence-corrected chi connectivity index (χ3v) is 6.50. The van der Waals surface area contributed by atoms with Gasteiger partial charge in [-0.2, -0.15) is 0 Å². The summed E-state index contributed by atoms with van der Waals surface area (Å²) in [6.07, 6.45) is 6.34. The molecule has 0 bridgehead atoms. The van der Waals surface area contributed by atoms with Gasteiger partial charge in [-0.1, -0.05) is 63.6 Å². The summed E-state index contributed by atoms with van der Waals surface area (Å²) in [5, 5.41) is 0. The molecular weight excluding hydrogens is 350 g/mol. The topological polar surface area (TPSA) is 0 Å². The lowest BCUT2D eigenvalue weighted by molar-refractivity contribution is 0.263. The Morgan fingerprint density at radius 2 is 1.57 bits per heavy atom. The molecule has 0 N–H and O–H groups in total. The Bertz CT molecular complexity index is 740. The maximum atomic E-state index is 14.8. The zero-order chi connectivity index (χ0) is 20.1. The van der Waals surface area contributed by atoms with E-state index in [0.717, 1.165) is 43.2 Å². The molecule has 0 saturated heterocycles. The van der Waals surface area contributed by atoms with Crippen LogP contribution < -0.4 is 0 Å². The first-order chi connectivity index (χ1) is 13.5. The second kappa shape index (κ2) is 9.67. The van der Waals surface area contributed by atoms with Gasteiger partial charge >= 0.3 is 0 Å². The highest BCUT2D eigenvalue weighted by Gasteiger charge is 2.22. The second-order valence-electron chi connectivity index (χ2n) is 9.11. The fraction of sp³-hybridized carbons (Fsp3) is 0.538. The molecule has 28 heavy (non-hydrogen) atoms. The average molecular weight is 385 g/mol. The highest BCUT2D eigenvalue weighted by Crippen LogP contribution is 2.37. The van der Waals surface area contributed by atoms with Crippen LogP contribution in [0.25, 0.3) is 11.1 Å². The fourth-order valence-corrected chi connectivity index (χ4v) is 4.41. The summed E-state index contributed by atoms with van der Waals surface area (Å²) in [6.45, 7) is 6.46. The number of hydrogen-bond donors (Lipinski definition) is 0. The average Bonchev–Trinajstić information content (AvgIpc) is 2.72. The van der Waals surface area contributed by atoms with Crippen molar-refractivity contribution in [2.45, 2.75) is 71.1 Å². The van der Waals surface area contributed by atoms with Crippen molar-refractivity contribution in [2.24, 2.45) is 11.8 Å². The van der Waals surface area contributed by atoms with Crippen molar-refractivity contribution in [3.63, 3.8) is 0 Å². The molecule has 3 rings (SSSR count). The number of rotatable bonds is 7. The third kappa shape index (κ3) is 5.21. The van der Waals surface area contributed by atoms with E-state index in [2.05, 4.69) is 39.0 Å². The van der Waals surface area contributed by atoms with E-state index in [1.165, 1.54) is 12.0 Å². The molecule has 0 radical (unpaired) electrons. The van der Waals surface area contributed by atoms with Crippen molar-refractivity contribution in [3.8, 4) is 11.1 Å². The molecule has 1 unspecified atom stereocenters. The Kier molecular flexibility index (Phi) is 7.26. The van der Waals surface area contributed by atoms with Crippen LogP contribution in [0.15, 0.2) is 42.5 Å². The number of benzene rings is 2. The molecular formula is C26H34F2. The third-order valence-electron chi connectivity index (χ3n) is 6.50. The van der Waals surface area contributed by atoms with Crippen LogP contribution in [0, 0.1) is 17.7 Å². The van der Waals surface area contributed by atoms with Gasteiger partial charge in [0.15, 0.2) is 0 Å². The summed E-state index contributed by atoms with van der Waals surface area (Å²) in [7, 11) is 0. The summed E-state index contributed by atoms with van der Waals surface area (Å²) in [4.78, 5) is 0. The molecule has 152 valence electrons. The van der Waals surface area contributed by atoms with Gasteiger partial charge in [0.25, 0.3) is 0 Å². The molecule has 1 aliphatic carbocycles. The molecule has 0 aliphatic heterocycles. The first-order valence-corrected chi connectivity index (χ1v) is 10.9. The van der Waals surface area contributed by atoms with Crippen LogP contribution >= 0.6 is 0 Å². The van der Waals surface area contributed by atoms with Crippen molar-refractivity contribution in [3.05, 3.63) is 59.4 Å². The minimum absolute atomic E-state index is 0.134. The smallest absolute Gasteiger partial charge is 0.131 e. The minimum Gasteiger partial charge on any atom is -0.251 e. The van der Waals surface area contributed by atoms with Gasteiger partial charge in [-0.05, 0) is 78.5 Å². The van der Waals surface area contributed by atoms with E-state index in [9.17, 15) is 8.78 Å². The zero-order valence-corrected chi connectivity index (χ0v) is 17.6. The van der Waals surface area contributed by atoms with Crippen LogP contribution in [0.2, 0.25) is 0 Å². The Labute approximate surface area is 169 Å². The molecule has 2 aromatic rings. The van der Waals surface area contributed by atoms with Crippen molar-refractivity contribution >= 4 is 0 Å². The van der Waals surface area contributed by atoms with E-state index in [4.69, 9.17) is 0 Å². The normalized spacial score (nSPS) is 21.1. The number of halogens is 2. The van der Waals surface area contributed by atoms with Gasteiger partial charge in [-0.25, -0.2) is 4.39 Å². The van der Waals surface area contributed by atoms with Gasteiger partial charge in [-0.15, -0.1) is 0 Å². The Balaban J connectivity index is 1.68. The fourth-order valence-electron chi connectivity index (χ4n) is 4.41. The lowest BCUT2D eigenvalue weighted by atomic mass is 9.79. The van der Waals surface area contributed by atoms with E-state index >= 15 is 0 Å². The van der Waals surface area contributed by atoms with Crippen molar-refractivity contribution in [1.29, 1.82) is 0 Å². The highest BCUT2D eigenvalue weighted by atomic mass is 19.1. The summed E-state index contributed by atoms with van der Waals surface area (Å²) >= 11 is 0. The van der Waals surface area contributed by atoms with Crippen molar-refractivity contribution in [2.75, 3.05) is 6.67 Å². The van der Waals surface area contributed by atoms with E-state index in [1.54, 1.807) is 6.07 Å². The minimum atomic E-state index is -0.184. The number of hydrogen-bond acceptors (Lipinski definition) is 0. The first-order valence-electron chi connectivity index (χ1n) is 10.9. The summed E-state index contributed by atoms with van der Waals surface area (Å²) in [6, 6.07) is 14.1. The molecule has 1 atom stereocenters. The Morgan fingerprint density at radius 3 is 2.14 bits per heavy atom. The highest BCUT2D eigenvalue weighted by molar-refractivity contribution is 5.65. The second-order valence-corrected chi connectivity index (χ2v) is 9.11. The molecule has 0 spiro atoms. The van der Waals surface area contributed by atoms with Crippen molar-refractivity contribution < 1.29 is 8.78 Å². The van der Waals surface area contributed by atoms with Gasteiger partial charge in [0, 0.05) is 5.56 Å². The quantitative estimate of drug-likeness (QED) is 0.450. The molecule has 2 aromatic carbocycles. The standard InChI is InChI=1S/C26H34F2/c1-18(2)4-5-19(3)24-14-15-25(26(28)16-24)23-12-10-22(11-13-23)21-8-6-20(17-27)7-9-21/h10-16,18-21H,4-9,17H2,1-3H3. The van der Waals surface area contributed by atoms with E-state index in [1.807, 2.05) is 18.2 Å². The van der Waals surface area contributed by atoms with Crippen LogP contribution in [0.4, 0.5) is 8.78 Å². The van der Waals surface area contributed by atoms with Crippen molar-refractivity contribution in [1.82, 2.24) is 0 Å². The van der Waals surface area contributed by atoms with E-state index < -0.39 is 0 Å². The predicted octanol–water partition coefficient (Wildman–Crippen LogP) is 8.28. The van der Waals surface area contributed by atoms with Gasteiger partial charge in [0.05, 0.1) is 6.67 Å². The van der Waals surface area contributed by atoms with Crippen LogP contribution in [0.1, 0.15) is 82.3 Å². The van der Waals surface area contributed by atoms with Crippen LogP contribution in [-0.2, 0) is 0 Å². The van der Waals surface area contributed by atoms with Crippen LogP contribution in [-0.4, -0.2) is 6.67 Å². The molecule has 0 amide bonds. The van der Waals surface area contributed by atoms with E-state index in [0.29, 0.717) is 23.3 Å². The van der Waals surface area contributed by atoms with Gasteiger partial charge < -0.3 is 0 Å². The lowest BCUT2D eigenvalue weighted by Crippen LogP contribution is -2.14. The predicted molar refractivity (Wildman–Crippen MR) is 115 cm³/mol. The van der Waals surface area contributed by atoms with Gasteiger partial charge in [0.1, 0.15) is 5.82 Å². The first kappa shape index (κ1) is 21.0. The molecule has 1 saturated carbocycles. The monoisotopic (exact) mass is 384 g/mol. The molecule has 1 fully saturated rings. The molecule has 1 aliphatic rings. The SMILES string of the molecule is CC(C)CCC(C)c1ccc(-c2ccc(C3CCC(CF)CC3)cc2)c(F)c1. The van der Waals surface area contributed by atoms with Gasteiger partial charge in [-0.3, -0.25) is 4.39 Å². The van der Waals surface area contributed by atoms with Crippen LogP contribution in [0.5, 0.6) is 0 Å². The maximum Gasteiger partial charge on any atom is 0.131 e. The zero-order valence-electron chi connectivity index (χ0n) is 17.6. The molecule has 2 heteroatoms. The molecule has 0 nitrogen and oxygen atoms in total. The lowest BCUT2D eigenvalue weighted by Gasteiger charge is -2.27. The Hall–Kier alpha value is -1.70. The maximum absolute atomic E-state index is 14.8. The number of alkyl halides is 1. The Morgan fingerprint density at radius 1 is 0.893 bits per heavy atom.